The van der Waals surface area contributed by atoms with Gasteiger partial charge in [-0.1, -0.05) is 24.3 Å². The molecule has 0 spiro atoms. The van der Waals surface area contributed by atoms with Crippen molar-refractivity contribution in [2.24, 2.45) is 0 Å². The summed E-state index contributed by atoms with van der Waals surface area (Å²) in [6.07, 6.45) is 11.3. The molecule has 2 aliphatic rings. The van der Waals surface area contributed by atoms with Gasteiger partial charge >= 0.3 is 0 Å². The molecule has 6 rings (SSSR count). The van der Waals surface area contributed by atoms with E-state index in [0.29, 0.717) is 11.2 Å². The van der Waals surface area contributed by atoms with Crippen LogP contribution in [0.3, 0.4) is 0 Å². The van der Waals surface area contributed by atoms with Crippen molar-refractivity contribution in [3.05, 3.63) is 109 Å². The Morgan fingerprint density at radius 2 is 1.63 bits per heavy atom. The summed E-state index contributed by atoms with van der Waals surface area (Å²) < 4.78 is 8.35. The fourth-order valence-corrected chi connectivity index (χ4v) is 5.55. The fourth-order valence-electron chi connectivity index (χ4n) is 5.20. The summed E-state index contributed by atoms with van der Waals surface area (Å²) in [6.45, 7) is 0. The number of hydrogen-bond donors (Lipinski definition) is 1. The minimum atomic E-state index is -0.0651. The molecule has 2 atom stereocenters. The van der Waals surface area contributed by atoms with Gasteiger partial charge in [-0.3, -0.25) is 4.98 Å². The number of aromatic nitrogens is 2. The fraction of sp³-hybridized carbons (Fsp3) is 0.241. The van der Waals surface area contributed by atoms with Gasteiger partial charge in [-0.25, -0.2) is 0 Å². The highest BCUT2D eigenvalue weighted by molar-refractivity contribution is 7.80. The van der Waals surface area contributed by atoms with Gasteiger partial charge in [0, 0.05) is 30.0 Å². The molecule has 4 aromatic rings. The molecule has 6 heteroatoms. The van der Waals surface area contributed by atoms with Crippen LogP contribution in [0.2, 0.25) is 0 Å². The monoisotopic (exact) mass is 480 g/mol. The minimum absolute atomic E-state index is 0.0380. The topological polar surface area (TPSA) is 42.3 Å². The van der Waals surface area contributed by atoms with Gasteiger partial charge in [0.25, 0.3) is 0 Å². The molecule has 2 aromatic carbocycles. The molecule has 1 aliphatic carbocycles. The van der Waals surface area contributed by atoms with Crippen LogP contribution in [0, 0.1) is 0 Å². The third kappa shape index (κ3) is 4.42. The van der Waals surface area contributed by atoms with Crippen molar-refractivity contribution in [1.29, 1.82) is 0 Å². The summed E-state index contributed by atoms with van der Waals surface area (Å²) in [5.41, 5.74) is 4.30. The molecule has 1 saturated heterocycles. The van der Waals surface area contributed by atoms with Gasteiger partial charge in [0.05, 0.1) is 23.9 Å². The van der Waals surface area contributed by atoms with E-state index in [1.807, 2.05) is 24.4 Å². The van der Waals surface area contributed by atoms with Crippen LogP contribution in [0.1, 0.15) is 49.0 Å². The van der Waals surface area contributed by atoms with Crippen LogP contribution in [-0.2, 0) is 0 Å². The normalized spacial score (nSPS) is 20.2. The summed E-state index contributed by atoms with van der Waals surface area (Å²) >= 11 is 5.87. The molecule has 2 aromatic heterocycles. The number of rotatable bonds is 6. The molecule has 2 fully saturated rings. The average Bonchev–Trinajstić information content (AvgIpc) is 3.66. The molecule has 1 aliphatic heterocycles. The van der Waals surface area contributed by atoms with Crippen LogP contribution in [0.15, 0.2) is 97.5 Å². The third-order valence-electron chi connectivity index (χ3n) is 6.93. The van der Waals surface area contributed by atoms with Crippen LogP contribution in [0.25, 0.3) is 5.69 Å². The predicted octanol–water partition coefficient (Wildman–Crippen LogP) is 6.37. The van der Waals surface area contributed by atoms with Crippen LogP contribution >= 0.6 is 12.2 Å². The van der Waals surface area contributed by atoms with E-state index in [4.69, 9.17) is 17.0 Å². The number of hydrogen-bond acceptors (Lipinski definition) is 3. The first-order chi connectivity index (χ1) is 17.3. The Balaban J connectivity index is 1.35. The van der Waals surface area contributed by atoms with Crippen molar-refractivity contribution >= 4 is 23.0 Å². The molecule has 1 saturated carbocycles. The maximum atomic E-state index is 6.19. The molecule has 3 heterocycles. The van der Waals surface area contributed by atoms with E-state index in [1.54, 1.807) is 0 Å². The van der Waals surface area contributed by atoms with Gasteiger partial charge in [0.2, 0.25) is 0 Å². The summed E-state index contributed by atoms with van der Waals surface area (Å²) in [4.78, 5) is 6.87. The SMILES string of the molecule is S=C1NC(c2ccccn2)C(c2ccn(-c3ccccc3)c2)N1c1ccc(OC2CCCC2)cc1. The first-order valence-electron chi connectivity index (χ1n) is 12.3. The molecule has 0 bridgehead atoms. The van der Waals surface area contributed by atoms with Crippen molar-refractivity contribution in [3.63, 3.8) is 0 Å². The van der Waals surface area contributed by atoms with Crippen molar-refractivity contribution in [1.82, 2.24) is 14.9 Å². The Morgan fingerprint density at radius 1 is 0.857 bits per heavy atom. The summed E-state index contributed by atoms with van der Waals surface area (Å²) in [7, 11) is 0. The summed E-state index contributed by atoms with van der Waals surface area (Å²) in [5, 5.41) is 4.24. The Labute approximate surface area is 211 Å². The number of pyridine rings is 1. The smallest absolute Gasteiger partial charge is 0.174 e. The zero-order valence-corrected chi connectivity index (χ0v) is 20.3. The first kappa shape index (κ1) is 21.9. The Bertz CT molecular complexity index is 1280. The number of anilines is 1. The second-order valence-corrected chi connectivity index (χ2v) is 9.59. The van der Waals surface area contributed by atoms with Gasteiger partial charge < -0.3 is 19.5 Å². The van der Waals surface area contributed by atoms with Crippen LogP contribution in [-0.4, -0.2) is 20.8 Å². The van der Waals surface area contributed by atoms with E-state index in [1.165, 1.54) is 18.4 Å². The zero-order chi connectivity index (χ0) is 23.6. The van der Waals surface area contributed by atoms with Crippen molar-refractivity contribution in [2.45, 2.75) is 43.9 Å². The van der Waals surface area contributed by atoms with Gasteiger partial charge in [0.15, 0.2) is 5.11 Å². The lowest BCUT2D eigenvalue weighted by atomic mass is 9.98. The quantitative estimate of drug-likeness (QED) is 0.325. The summed E-state index contributed by atoms with van der Waals surface area (Å²) in [5.74, 6) is 0.923. The highest BCUT2D eigenvalue weighted by Crippen LogP contribution is 2.42. The van der Waals surface area contributed by atoms with E-state index in [-0.39, 0.29) is 12.1 Å². The Morgan fingerprint density at radius 3 is 2.37 bits per heavy atom. The lowest BCUT2D eigenvalue weighted by molar-refractivity contribution is 0.210. The molecule has 0 radical (unpaired) electrons. The number of para-hydroxylation sites is 1. The van der Waals surface area contributed by atoms with Crippen LogP contribution in [0.4, 0.5) is 5.69 Å². The van der Waals surface area contributed by atoms with Gasteiger partial charge in [-0.2, -0.15) is 0 Å². The van der Waals surface area contributed by atoms with Gasteiger partial charge in [0.1, 0.15) is 5.75 Å². The molecule has 5 nitrogen and oxygen atoms in total. The van der Waals surface area contributed by atoms with Crippen molar-refractivity contribution in [3.8, 4) is 11.4 Å². The van der Waals surface area contributed by atoms with Crippen molar-refractivity contribution < 1.29 is 4.74 Å². The van der Waals surface area contributed by atoms with E-state index in [2.05, 4.69) is 92.8 Å². The number of benzene rings is 2. The molecule has 0 amide bonds. The van der Waals surface area contributed by atoms with Gasteiger partial charge in [-0.15, -0.1) is 0 Å². The molecule has 176 valence electrons. The van der Waals surface area contributed by atoms with E-state index in [0.717, 1.165) is 35.7 Å². The average molecular weight is 481 g/mol. The third-order valence-corrected chi connectivity index (χ3v) is 7.24. The van der Waals surface area contributed by atoms with E-state index < -0.39 is 0 Å². The second-order valence-electron chi connectivity index (χ2n) is 9.20. The maximum absolute atomic E-state index is 6.19. The molecular weight excluding hydrogens is 452 g/mol. The number of ether oxygens (including phenoxy) is 1. The highest BCUT2D eigenvalue weighted by Gasteiger charge is 2.41. The maximum Gasteiger partial charge on any atom is 0.174 e. The largest absolute Gasteiger partial charge is 0.490 e. The van der Waals surface area contributed by atoms with Crippen LogP contribution < -0.4 is 15.0 Å². The lowest BCUT2D eigenvalue weighted by Gasteiger charge is -2.27. The van der Waals surface area contributed by atoms with Gasteiger partial charge in [-0.05, 0) is 98.1 Å². The Kier molecular flexibility index (Phi) is 5.96. The standard InChI is InChI=1S/C29H28N4OS/c35-29-31-27(26-12-6-7-18-30-26)28(21-17-19-32(20-21)22-8-2-1-3-9-22)33(29)23-13-15-25(16-14-23)34-24-10-4-5-11-24/h1-3,6-9,12-20,24,27-28H,4-5,10-11H2,(H,31,35). The van der Waals surface area contributed by atoms with Crippen molar-refractivity contribution in [2.75, 3.05) is 4.90 Å². The number of thiocarbonyl (C=S) groups is 1. The second kappa shape index (κ2) is 9.55. The highest BCUT2D eigenvalue weighted by atomic mass is 32.1. The molecule has 35 heavy (non-hydrogen) atoms. The van der Waals surface area contributed by atoms with E-state index in [9.17, 15) is 0 Å². The molecule has 2 unspecified atom stereocenters. The lowest BCUT2D eigenvalue weighted by Crippen LogP contribution is -2.29. The molecular formula is C29H28N4OS. The first-order valence-corrected chi connectivity index (χ1v) is 12.7. The molecule has 1 N–H and O–H groups in total. The number of nitrogens with zero attached hydrogens (tertiary/aromatic N) is 3. The Hall–Kier alpha value is -3.64. The predicted molar refractivity (Wildman–Crippen MR) is 143 cm³/mol. The van der Waals surface area contributed by atoms with Crippen LogP contribution in [0.5, 0.6) is 5.75 Å². The zero-order valence-electron chi connectivity index (χ0n) is 19.5. The van der Waals surface area contributed by atoms with E-state index >= 15 is 0 Å². The number of nitrogens with one attached hydrogen (secondary N) is 1. The minimum Gasteiger partial charge on any atom is -0.490 e. The summed E-state index contributed by atoms with van der Waals surface area (Å²) in [6, 6.07) is 26.8.